The fraction of sp³-hybridized carbons (Fsp3) is 0.500. The molecule has 0 saturated carbocycles. The highest BCUT2D eigenvalue weighted by molar-refractivity contribution is 5.80. The highest BCUT2D eigenvalue weighted by atomic mass is 16.5. The van der Waals surface area contributed by atoms with Crippen molar-refractivity contribution in [3.8, 4) is 11.5 Å². The summed E-state index contributed by atoms with van der Waals surface area (Å²) in [5, 5.41) is 10.4. The summed E-state index contributed by atoms with van der Waals surface area (Å²) >= 11 is 0. The van der Waals surface area contributed by atoms with Gasteiger partial charge in [-0.1, -0.05) is 0 Å². The summed E-state index contributed by atoms with van der Waals surface area (Å²) in [5.74, 6) is 0.00767. The number of nitrogens with zero attached hydrogens (tertiary/aromatic N) is 2. The van der Waals surface area contributed by atoms with Crippen molar-refractivity contribution in [3.05, 3.63) is 18.2 Å². The molecule has 7 heteroatoms. The number of carboxylic acids is 1. The van der Waals surface area contributed by atoms with Crippen molar-refractivity contribution in [1.82, 2.24) is 4.90 Å². The zero-order chi connectivity index (χ0) is 16.8. The van der Waals surface area contributed by atoms with Crippen LogP contribution in [0.2, 0.25) is 0 Å². The summed E-state index contributed by atoms with van der Waals surface area (Å²) in [6.45, 7) is 2.51. The number of hydrogen-bond donors (Lipinski definition) is 0. The van der Waals surface area contributed by atoms with E-state index in [-0.39, 0.29) is 18.7 Å². The van der Waals surface area contributed by atoms with Gasteiger partial charge >= 0.3 is 0 Å². The van der Waals surface area contributed by atoms with Gasteiger partial charge in [0.2, 0.25) is 5.91 Å². The molecule has 1 fully saturated rings. The van der Waals surface area contributed by atoms with Gasteiger partial charge in [0, 0.05) is 50.3 Å². The van der Waals surface area contributed by atoms with Crippen LogP contribution in [-0.2, 0) is 9.59 Å². The van der Waals surface area contributed by atoms with Crippen LogP contribution >= 0.6 is 0 Å². The summed E-state index contributed by atoms with van der Waals surface area (Å²) in [6, 6.07) is 5.72. The van der Waals surface area contributed by atoms with Crippen molar-refractivity contribution in [2.75, 3.05) is 45.3 Å². The van der Waals surface area contributed by atoms with Crippen LogP contribution in [0.25, 0.3) is 0 Å². The number of hydrogen-bond acceptors (Lipinski definition) is 6. The lowest BCUT2D eigenvalue weighted by Gasteiger charge is -2.36. The second kappa shape index (κ2) is 7.71. The molecular weight excluding hydrogens is 300 g/mol. The van der Waals surface area contributed by atoms with E-state index in [2.05, 4.69) is 4.90 Å². The van der Waals surface area contributed by atoms with E-state index < -0.39 is 5.97 Å². The van der Waals surface area contributed by atoms with Crippen LogP contribution < -0.4 is 19.5 Å². The van der Waals surface area contributed by atoms with Crippen molar-refractivity contribution < 1.29 is 24.2 Å². The maximum atomic E-state index is 11.9. The number of carbonyl (C=O) groups excluding carboxylic acids is 2. The lowest BCUT2D eigenvalue weighted by atomic mass is 10.2. The van der Waals surface area contributed by atoms with Crippen molar-refractivity contribution in [2.45, 2.75) is 12.8 Å². The van der Waals surface area contributed by atoms with Crippen molar-refractivity contribution >= 4 is 17.6 Å². The highest BCUT2D eigenvalue weighted by Gasteiger charge is 2.21. The molecule has 126 valence electrons. The first kappa shape index (κ1) is 16.9. The predicted molar refractivity (Wildman–Crippen MR) is 82.6 cm³/mol. The average molecular weight is 321 g/mol. The Labute approximate surface area is 135 Å². The molecule has 1 aromatic carbocycles. The molecule has 0 unspecified atom stereocenters. The second-order valence-electron chi connectivity index (χ2n) is 5.28. The fourth-order valence-corrected chi connectivity index (χ4v) is 2.60. The molecule has 0 aromatic heterocycles. The van der Waals surface area contributed by atoms with E-state index in [0.29, 0.717) is 37.7 Å². The first-order valence-electron chi connectivity index (χ1n) is 7.49. The Hall–Kier alpha value is -2.44. The Kier molecular flexibility index (Phi) is 5.67. The van der Waals surface area contributed by atoms with Crippen molar-refractivity contribution in [1.29, 1.82) is 0 Å². The number of ether oxygens (including phenoxy) is 2. The Bertz CT molecular complexity index is 568. The molecule has 0 N–H and O–H groups in total. The molecule has 0 spiro atoms. The van der Waals surface area contributed by atoms with E-state index in [1.807, 2.05) is 18.2 Å². The molecule has 1 aromatic rings. The van der Waals surface area contributed by atoms with E-state index >= 15 is 0 Å². The monoisotopic (exact) mass is 321 g/mol. The van der Waals surface area contributed by atoms with Gasteiger partial charge in [-0.3, -0.25) is 4.79 Å². The third-order valence-corrected chi connectivity index (χ3v) is 3.91. The SMILES string of the molecule is COc1ccc(N2CCN(C(=O)CCC(=O)[O-])CC2)cc1OC. The molecule has 1 aliphatic rings. The molecule has 1 saturated heterocycles. The number of methoxy groups -OCH3 is 2. The minimum atomic E-state index is -1.19. The van der Waals surface area contributed by atoms with Gasteiger partial charge in [-0.25, -0.2) is 0 Å². The molecule has 2 rings (SSSR count). The number of carboxylic acid groups (broad SMARTS) is 1. The third kappa shape index (κ3) is 4.28. The molecule has 1 heterocycles. The largest absolute Gasteiger partial charge is 0.550 e. The van der Waals surface area contributed by atoms with Gasteiger partial charge in [-0.2, -0.15) is 0 Å². The fourth-order valence-electron chi connectivity index (χ4n) is 2.60. The van der Waals surface area contributed by atoms with Crippen LogP contribution in [0.1, 0.15) is 12.8 Å². The zero-order valence-electron chi connectivity index (χ0n) is 13.4. The van der Waals surface area contributed by atoms with Gasteiger partial charge in [-0.05, 0) is 18.6 Å². The first-order valence-corrected chi connectivity index (χ1v) is 7.49. The van der Waals surface area contributed by atoms with Crippen LogP contribution in [-0.4, -0.2) is 57.2 Å². The summed E-state index contributed by atoms with van der Waals surface area (Å²) in [7, 11) is 3.18. The van der Waals surface area contributed by atoms with Gasteiger partial charge in [0.1, 0.15) is 0 Å². The summed E-state index contributed by atoms with van der Waals surface area (Å²) in [6.07, 6.45) is -0.229. The van der Waals surface area contributed by atoms with Gasteiger partial charge in [0.15, 0.2) is 11.5 Å². The Morgan fingerprint density at radius 3 is 2.26 bits per heavy atom. The van der Waals surface area contributed by atoms with Crippen LogP contribution in [0.15, 0.2) is 18.2 Å². The first-order chi connectivity index (χ1) is 11.0. The van der Waals surface area contributed by atoms with Crippen molar-refractivity contribution in [3.63, 3.8) is 0 Å². The Balaban J connectivity index is 1.94. The maximum Gasteiger partial charge on any atom is 0.223 e. The lowest BCUT2D eigenvalue weighted by Crippen LogP contribution is -2.49. The van der Waals surface area contributed by atoms with E-state index in [4.69, 9.17) is 9.47 Å². The quantitative estimate of drug-likeness (QED) is 0.727. The van der Waals surface area contributed by atoms with E-state index in [1.165, 1.54) is 0 Å². The molecule has 0 bridgehead atoms. The van der Waals surface area contributed by atoms with Gasteiger partial charge in [0.25, 0.3) is 0 Å². The van der Waals surface area contributed by atoms with E-state index in [1.54, 1.807) is 19.1 Å². The molecular formula is C16H21N2O5-. The smallest absolute Gasteiger partial charge is 0.223 e. The highest BCUT2D eigenvalue weighted by Crippen LogP contribution is 2.31. The molecule has 0 radical (unpaired) electrons. The molecule has 0 aliphatic carbocycles. The number of benzene rings is 1. The van der Waals surface area contributed by atoms with Gasteiger partial charge < -0.3 is 29.2 Å². The van der Waals surface area contributed by atoms with E-state index in [9.17, 15) is 14.7 Å². The number of aliphatic carboxylic acids is 1. The molecule has 7 nitrogen and oxygen atoms in total. The van der Waals surface area contributed by atoms with Gasteiger partial charge in [-0.15, -0.1) is 0 Å². The molecule has 1 amide bonds. The minimum absolute atomic E-state index is 0.00130. The van der Waals surface area contributed by atoms with Crippen LogP contribution in [0.5, 0.6) is 11.5 Å². The summed E-state index contributed by atoms with van der Waals surface area (Å²) < 4.78 is 10.5. The Morgan fingerprint density at radius 1 is 1.04 bits per heavy atom. The Morgan fingerprint density at radius 2 is 1.70 bits per heavy atom. The minimum Gasteiger partial charge on any atom is -0.550 e. The summed E-state index contributed by atoms with van der Waals surface area (Å²) in [4.78, 5) is 26.2. The topological polar surface area (TPSA) is 82.1 Å². The third-order valence-electron chi connectivity index (χ3n) is 3.91. The molecule has 0 atom stereocenters. The molecule has 23 heavy (non-hydrogen) atoms. The maximum absolute atomic E-state index is 11.9. The van der Waals surface area contributed by atoms with Crippen LogP contribution in [0.3, 0.4) is 0 Å². The normalized spacial score (nSPS) is 14.5. The zero-order valence-corrected chi connectivity index (χ0v) is 13.4. The van der Waals surface area contributed by atoms with Crippen LogP contribution in [0.4, 0.5) is 5.69 Å². The average Bonchev–Trinajstić information content (AvgIpc) is 2.59. The number of rotatable bonds is 6. The van der Waals surface area contributed by atoms with E-state index in [0.717, 1.165) is 5.69 Å². The number of piperazine rings is 1. The standard InChI is InChI=1S/C16H22N2O5/c1-22-13-4-3-12(11-14(13)23-2)17-7-9-18(10-8-17)15(19)5-6-16(20)21/h3-4,11H,5-10H2,1-2H3,(H,20,21)/p-1. The number of anilines is 1. The second-order valence-corrected chi connectivity index (χ2v) is 5.28. The number of carbonyl (C=O) groups is 2. The predicted octanol–water partition coefficient (Wildman–Crippen LogP) is -0.117. The lowest BCUT2D eigenvalue weighted by molar-refractivity contribution is -0.305. The number of amides is 1. The molecule has 1 aliphatic heterocycles. The van der Waals surface area contributed by atoms with Gasteiger partial charge in [0.05, 0.1) is 14.2 Å². The van der Waals surface area contributed by atoms with Crippen molar-refractivity contribution in [2.24, 2.45) is 0 Å². The summed E-state index contributed by atoms with van der Waals surface area (Å²) in [5.41, 5.74) is 1.00. The van der Waals surface area contributed by atoms with Crippen LogP contribution in [0, 0.1) is 0 Å².